The number of amides is 5. The number of hydrogen-bond acceptors (Lipinski definition) is 6. The van der Waals surface area contributed by atoms with E-state index >= 15 is 0 Å². The number of nitrogens with one attached hydrogen (secondary N) is 2. The summed E-state index contributed by atoms with van der Waals surface area (Å²) in [5.74, 6) is -1.20. The van der Waals surface area contributed by atoms with Crippen molar-refractivity contribution in [3.8, 4) is 11.5 Å². The van der Waals surface area contributed by atoms with Crippen molar-refractivity contribution in [2.24, 2.45) is 0 Å². The molecule has 1 fully saturated rings. The highest BCUT2D eigenvalue weighted by molar-refractivity contribution is 6.39. The van der Waals surface area contributed by atoms with Crippen LogP contribution in [0.5, 0.6) is 11.5 Å². The average Bonchev–Trinajstić information content (AvgIpc) is 3.00. The summed E-state index contributed by atoms with van der Waals surface area (Å²) in [4.78, 5) is 51.6. The molecule has 9 nitrogen and oxygen atoms in total. The summed E-state index contributed by atoms with van der Waals surface area (Å²) in [6, 6.07) is 27.1. The molecule has 10 heteroatoms. The van der Waals surface area contributed by atoms with Gasteiger partial charge in [-0.15, -0.1) is 0 Å². The summed E-state index contributed by atoms with van der Waals surface area (Å²) in [6.07, 6.45) is 1.33. The summed E-state index contributed by atoms with van der Waals surface area (Å²) in [6.45, 7) is 2.03. The minimum Gasteiger partial charge on any atom is -0.489 e. The minimum absolute atomic E-state index is 0.167. The lowest BCUT2D eigenvalue weighted by Gasteiger charge is -2.26. The van der Waals surface area contributed by atoms with Crippen molar-refractivity contribution in [3.05, 3.63) is 124 Å². The maximum atomic E-state index is 13.3. The van der Waals surface area contributed by atoms with Gasteiger partial charge >= 0.3 is 6.03 Å². The Hall–Kier alpha value is -5.41. The van der Waals surface area contributed by atoms with Crippen molar-refractivity contribution in [1.82, 2.24) is 5.32 Å². The maximum absolute atomic E-state index is 13.3. The van der Waals surface area contributed by atoms with E-state index in [-0.39, 0.29) is 34.5 Å². The van der Waals surface area contributed by atoms with E-state index in [9.17, 15) is 19.2 Å². The number of barbiturate groups is 1. The topological polar surface area (TPSA) is 114 Å². The normalized spacial score (nSPS) is 14.0. The number of anilines is 2. The molecular formula is C33H26ClN3O6. The van der Waals surface area contributed by atoms with Crippen molar-refractivity contribution in [2.45, 2.75) is 13.5 Å². The molecule has 0 aromatic heterocycles. The van der Waals surface area contributed by atoms with Gasteiger partial charge in [0.05, 0.1) is 10.7 Å². The molecule has 43 heavy (non-hydrogen) atoms. The van der Waals surface area contributed by atoms with E-state index in [2.05, 4.69) is 10.6 Å². The number of nitrogens with zero attached hydrogens (tertiary/aromatic N) is 1. The Balaban J connectivity index is 1.24. The first-order valence-corrected chi connectivity index (χ1v) is 13.6. The van der Waals surface area contributed by atoms with Crippen molar-refractivity contribution in [2.75, 3.05) is 16.8 Å². The lowest BCUT2D eigenvalue weighted by molar-refractivity contribution is -0.122. The van der Waals surface area contributed by atoms with Crippen LogP contribution in [0, 0.1) is 6.92 Å². The predicted octanol–water partition coefficient (Wildman–Crippen LogP) is 5.91. The zero-order valence-corrected chi connectivity index (χ0v) is 23.8. The zero-order valence-electron chi connectivity index (χ0n) is 23.0. The lowest BCUT2D eigenvalue weighted by atomic mass is 10.1. The Morgan fingerprint density at radius 2 is 1.63 bits per heavy atom. The number of carbonyl (C=O) groups is 4. The van der Waals surface area contributed by atoms with Gasteiger partial charge in [-0.3, -0.25) is 19.7 Å². The molecule has 0 atom stereocenters. The monoisotopic (exact) mass is 595 g/mol. The third-order valence-electron chi connectivity index (χ3n) is 6.41. The number of rotatable bonds is 9. The van der Waals surface area contributed by atoms with E-state index in [1.807, 2.05) is 49.4 Å². The number of halogens is 1. The number of aryl methyl sites for hydroxylation is 1. The second kappa shape index (κ2) is 13.1. The SMILES string of the molecule is Cc1ccc(NC(=O)COc2ccc(/C=C3\C(=O)NC(=O)N(c4ccc(OCc5ccccc5)cc4)C3=O)cc2Cl)cc1. The number of imide groups is 2. The van der Waals surface area contributed by atoms with Crippen molar-refractivity contribution < 1.29 is 28.7 Å². The number of urea groups is 1. The second-order valence-electron chi connectivity index (χ2n) is 9.62. The van der Waals surface area contributed by atoms with Gasteiger partial charge in [0.15, 0.2) is 6.61 Å². The van der Waals surface area contributed by atoms with Crippen LogP contribution >= 0.6 is 11.6 Å². The molecule has 4 aromatic rings. The van der Waals surface area contributed by atoms with Crippen LogP contribution < -0.4 is 25.0 Å². The highest BCUT2D eigenvalue weighted by Crippen LogP contribution is 2.28. The molecule has 1 saturated heterocycles. The summed E-state index contributed by atoms with van der Waals surface area (Å²) in [7, 11) is 0. The molecular weight excluding hydrogens is 570 g/mol. The fraction of sp³-hybridized carbons (Fsp3) is 0.0909. The van der Waals surface area contributed by atoms with Crippen molar-refractivity contribution in [3.63, 3.8) is 0 Å². The summed E-state index contributed by atoms with van der Waals surface area (Å²) in [5.41, 5.74) is 3.13. The Morgan fingerprint density at radius 3 is 2.33 bits per heavy atom. The third-order valence-corrected chi connectivity index (χ3v) is 6.70. The predicted molar refractivity (Wildman–Crippen MR) is 163 cm³/mol. The molecule has 0 saturated carbocycles. The van der Waals surface area contributed by atoms with E-state index in [0.29, 0.717) is 23.6 Å². The van der Waals surface area contributed by atoms with Crippen LogP contribution in [0.15, 0.2) is 103 Å². The molecule has 5 rings (SSSR count). The van der Waals surface area contributed by atoms with E-state index in [4.69, 9.17) is 21.1 Å². The van der Waals surface area contributed by atoms with Crippen molar-refractivity contribution >= 4 is 52.8 Å². The van der Waals surface area contributed by atoms with Gasteiger partial charge in [-0.1, -0.05) is 65.7 Å². The van der Waals surface area contributed by atoms with Gasteiger partial charge in [-0.05, 0) is 72.7 Å². The minimum atomic E-state index is -0.865. The quantitative estimate of drug-likeness (QED) is 0.184. The largest absolute Gasteiger partial charge is 0.489 e. The first-order valence-electron chi connectivity index (χ1n) is 13.2. The number of hydrogen-bond donors (Lipinski definition) is 2. The van der Waals surface area contributed by atoms with Crippen LogP contribution in [-0.2, 0) is 21.0 Å². The van der Waals surface area contributed by atoms with Crippen LogP contribution in [0.3, 0.4) is 0 Å². The zero-order chi connectivity index (χ0) is 30.3. The van der Waals surface area contributed by atoms with Crippen LogP contribution in [0.2, 0.25) is 5.02 Å². The standard InChI is InChI=1S/C33H26ClN3O6/c1-21-7-10-24(11-8-21)35-30(38)20-43-29-16-9-23(18-28(29)34)17-27-31(39)36-33(41)37(32(27)40)25-12-14-26(15-13-25)42-19-22-5-3-2-4-6-22/h2-18H,19-20H2,1H3,(H,35,38)(H,36,39,41)/b27-17+. The van der Waals surface area contributed by atoms with Gasteiger partial charge in [-0.2, -0.15) is 0 Å². The summed E-state index contributed by atoms with van der Waals surface area (Å²) >= 11 is 6.36. The molecule has 0 aliphatic carbocycles. The first-order chi connectivity index (χ1) is 20.8. The number of benzene rings is 4. The summed E-state index contributed by atoms with van der Waals surface area (Å²) in [5, 5.41) is 5.10. The van der Waals surface area contributed by atoms with E-state index in [1.54, 1.807) is 42.5 Å². The Kier molecular flexibility index (Phi) is 8.83. The van der Waals surface area contributed by atoms with Gasteiger partial charge in [0.2, 0.25) is 0 Å². The van der Waals surface area contributed by atoms with Gasteiger partial charge in [0.1, 0.15) is 23.7 Å². The maximum Gasteiger partial charge on any atom is 0.335 e. The Bertz CT molecular complexity index is 1700. The van der Waals surface area contributed by atoms with E-state index in [1.165, 1.54) is 18.2 Å². The average molecular weight is 596 g/mol. The van der Waals surface area contributed by atoms with Gasteiger partial charge in [0.25, 0.3) is 17.7 Å². The van der Waals surface area contributed by atoms with Crippen LogP contribution in [0.1, 0.15) is 16.7 Å². The number of carbonyl (C=O) groups excluding carboxylic acids is 4. The highest BCUT2D eigenvalue weighted by Gasteiger charge is 2.36. The van der Waals surface area contributed by atoms with E-state index < -0.39 is 17.8 Å². The number of ether oxygens (including phenoxy) is 2. The molecule has 5 amide bonds. The third kappa shape index (κ3) is 7.27. The molecule has 1 aliphatic heterocycles. The molecule has 216 valence electrons. The molecule has 1 heterocycles. The first kappa shape index (κ1) is 29.1. The van der Waals surface area contributed by atoms with Gasteiger partial charge < -0.3 is 14.8 Å². The molecule has 0 spiro atoms. The molecule has 1 aliphatic rings. The summed E-state index contributed by atoms with van der Waals surface area (Å²) < 4.78 is 11.3. The fourth-order valence-electron chi connectivity index (χ4n) is 4.19. The Labute approximate surface area is 252 Å². The smallest absolute Gasteiger partial charge is 0.335 e. The molecule has 2 N–H and O–H groups in total. The highest BCUT2D eigenvalue weighted by atomic mass is 35.5. The molecule has 4 aromatic carbocycles. The lowest BCUT2D eigenvalue weighted by Crippen LogP contribution is -2.54. The van der Waals surface area contributed by atoms with Crippen LogP contribution in [0.25, 0.3) is 6.08 Å². The van der Waals surface area contributed by atoms with E-state index in [0.717, 1.165) is 16.0 Å². The molecule has 0 radical (unpaired) electrons. The molecule has 0 bridgehead atoms. The van der Waals surface area contributed by atoms with Crippen LogP contribution in [-0.4, -0.2) is 30.4 Å². The van der Waals surface area contributed by atoms with Gasteiger partial charge in [0, 0.05) is 5.69 Å². The Morgan fingerprint density at radius 1 is 0.907 bits per heavy atom. The van der Waals surface area contributed by atoms with Gasteiger partial charge in [-0.25, -0.2) is 9.69 Å². The second-order valence-corrected chi connectivity index (χ2v) is 10.0. The molecule has 0 unspecified atom stereocenters. The van der Waals surface area contributed by atoms with Crippen molar-refractivity contribution in [1.29, 1.82) is 0 Å². The van der Waals surface area contributed by atoms with Crippen LogP contribution in [0.4, 0.5) is 16.2 Å². The fourth-order valence-corrected chi connectivity index (χ4v) is 4.44.